The van der Waals surface area contributed by atoms with Gasteiger partial charge in [0.25, 0.3) is 0 Å². The van der Waals surface area contributed by atoms with E-state index in [-0.39, 0.29) is 17.1 Å². The Bertz CT molecular complexity index is 726. The molecule has 0 aliphatic heterocycles. The third-order valence-electron chi connectivity index (χ3n) is 3.01. The van der Waals surface area contributed by atoms with Crippen LogP contribution in [0.5, 0.6) is 0 Å². The molecule has 2 N–H and O–H groups in total. The second kappa shape index (κ2) is 5.51. The second-order valence-corrected chi connectivity index (χ2v) is 7.52. The zero-order valence-electron chi connectivity index (χ0n) is 11.1. The van der Waals surface area contributed by atoms with Gasteiger partial charge >= 0.3 is 0 Å². The SMILES string of the molecule is Cc1ccsc1CN(C)S(=O)(=O)c1ccc(N)c(F)c1. The lowest BCUT2D eigenvalue weighted by molar-refractivity contribution is 0.468. The predicted octanol–water partition coefficient (Wildman–Crippen LogP) is 2.60. The summed E-state index contributed by atoms with van der Waals surface area (Å²) in [6, 6.07) is 5.45. The van der Waals surface area contributed by atoms with E-state index in [4.69, 9.17) is 5.73 Å². The normalized spacial score (nSPS) is 12.0. The summed E-state index contributed by atoms with van der Waals surface area (Å²) in [5.74, 6) is -0.730. The maximum absolute atomic E-state index is 13.4. The van der Waals surface area contributed by atoms with Crippen molar-refractivity contribution in [3.05, 3.63) is 45.9 Å². The highest BCUT2D eigenvalue weighted by atomic mass is 32.2. The molecule has 20 heavy (non-hydrogen) atoms. The fourth-order valence-corrected chi connectivity index (χ4v) is 3.89. The number of benzene rings is 1. The van der Waals surface area contributed by atoms with Gasteiger partial charge in [-0.3, -0.25) is 0 Å². The Kier molecular flexibility index (Phi) is 4.12. The lowest BCUT2D eigenvalue weighted by Gasteiger charge is -2.17. The van der Waals surface area contributed by atoms with Crippen LogP contribution in [0, 0.1) is 12.7 Å². The van der Waals surface area contributed by atoms with E-state index in [0.29, 0.717) is 0 Å². The number of anilines is 1. The zero-order chi connectivity index (χ0) is 14.9. The van der Waals surface area contributed by atoms with Crippen LogP contribution in [-0.2, 0) is 16.6 Å². The first-order chi connectivity index (χ1) is 9.32. The average molecular weight is 314 g/mol. The Hall–Kier alpha value is -1.44. The van der Waals surface area contributed by atoms with Crippen LogP contribution in [0.15, 0.2) is 34.5 Å². The van der Waals surface area contributed by atoms with Gasteiger partial charge in [-0.25, -0.2) is 12.8 Å². The molecule has 0 fully saturated rings. The van der Waals surface area contributed by atoms with Crippen molar-refractivity contribution in [2.75, 3.05) is 12.8 Å². The first-order valence-corrected chi connectivity index (χ1v) is 8.18. The van der Waals surface area contributed by atoms with Crippen molar-refractivity contribution in [3.8, 4) is 0 Å². The van der Waals surface area contributed by atoms with Crippen molar-refractivity contribution < 1.29 is 12.8 Å². The first kappa shape index (κ1) is 15.0. The fourth-order valence-electron chi connectivity index (χ4n) is 1.70. The van der Waals surface area contributed by atoms with E-state index in [9.17, 15) is 12.8 Å². The molecule has 0 aliphatic carbocycles. The summed E-state index contributed by atoms with van der Waals surface area (Å²) >= 11 is 1.49. The summed E-state index contributed by atoms with van der Waals surface area (Å²) in [5, 5.41) is 1.91. The molecule has 0 saturated heterocycles. The van der Waals surface area contributed by atoms with E-state index in [1.54, 1.807) is 0 Å². The molecular formula is C13H15FN2O2S2. The number of nitrogen functional groups attached to an aromatic ring is 1. The fraction of sp³-hybridized carbons (Fsp3) is 0.231. The molecule has 1 aromatic heterocycles. The summed E-state index contributed by atoms with van der Waals surface area (Å²) in [7, 11) is -2.25. The highest BCUT2D eigenvalue weighted by molar-refractivity contribution is 7.89. The lowest BCUT2D eigenvalue weighted by Crippen LogP contribution is -2.26. The number of sulfonamides is 1. The van der Waals surface area contributed by atoms with Crippen LogP contribution < -0.4 is 5.73 Å². The number of nitrogens with two attached hydrogens (primary N) is 1. The molecule has 0 radical (unpaired) electrons. The van der Waals surface area contributed by atoms with Gasteiger partial charge < -0.3 is 5.73 Å². The average Bonchev–Trinajstić information content (AvgIpc) is 2.78. The molecule has 7 heteroatoms. The number of halogens is 1. The largest absolute Gasteiger partial charge is 0.396 e. The molecule has 0 bridgehead atoms. The van der Waals surface area contributed by atoms with Crippen molar-refractivity contribution in [1.29, 1.82) is 0 Å². The van der Waals surface area contributed by atoms with Crippen LogP contribution in [0.1, 0.15) is 10.4 Å². The molecule has 0 aliphatic rings. The summed E-state index contributed by atoms with van der Waals surface area (Å²) in [6.45, 7) is 2.19. The summed E-state index contributed by atoms with van der Waals surface area (Å²) in [4.78, 5) is 0.868. The molecule has 1 aromatic carbocycles. The molecule has 0 spiro atoms. The Labute approximate surface area is 121 Å². The van der Waals surface area contributed by atoms with Crippen LogP contribution in [0.4, 0.5) is 10.1 Å². The van der Waals surface area contributed by atoms with Gasteiger partial charge in [0, 0.05) is 18.5 Å². The zero-order valence-corrected chi connectivity index (χ0v) is 12.8. The van der Waals surface area contributed by atoms with Gasteiger partial charge in [0.05, 0.1) is 10.6 Å². The monoisotopic (exact) mass is 314 g/mol. The van der Waals surface area contributed by atoms with Gasteiger partial charge in [-0.1, -0.05) is 0 Å². The van der Waals surface area contributed by atoms with E-state index < -0.39 is 15.8 Å². The van der Waals surface area contributed by atoms with E-state index in [0.717, 1.165) is 16.5 Å². The highest BCUT2D eigenvalue weighted by Gasteiger charge is 2.22. The van der Waals surface area contributed by atoms with E-state index in [2.05, 4.69) is 0 Å². The van der Waals surface area contributed by atoms with Gasteiger partial charge in [-0.2, -0.15) is 4.31 Å². The Morgan fingerprint density at radius 2 is 2.05 bits per heavy atom. The van der Waals surface area contributed by atoms with Gasteiger partial charge in [0.15, 0.2) is 0 Å². The molecule has 2 rings (SSSR count). The van der Waals surface area contributed by atoms with Crippen molar-refractivity contribution in [2.24, 2.45) is 0 Å². The Morgan fingerprint density at radius 1 is 1.35 bits per heavy atom. The minimum absolute atomic E-state index is 0.0688. The second-order valence-electron chi connectivity index (χ2n) is 4.47. The standard InChI is InChI=1S/C13H15FN2O2S2/c1-9-5-6-19-13(9)8-16(2)20(17,18)10-3-4-12(15)11(14)7-10/h3-7H,8,15H2,1-2H3. The smallest absolute Gasteiger partial charge is 0.243 e. The molecule has 0 atom stereocenters. The Morgan fingerprint density at radius 3 is 2.60 bits per heavy atom. The number of hydrogen-bond acceptors (Lipinski definition) is 4. The van der Waals surface area contributed by atoms with Crippen LogP contribution in [-0.4, -0.2) is 19.8 Å². The van der Waals surface area contributed by atoms with Crippen molar-refractivity contribution in [3.63, 3.8) is 0 Å². The minimum Gasteiger partial charge on any atom is -0.396 e. The molecule has 1 heterocycles. The quantitative estimate of drug-likeness (QED) is 0.882. The summed E-state index contributed by atoms with van der Waals surface area (Å²) in [5.41, 5.74) is 6.33. The first-order valence-electron chi connectivity index (χ1n) is 5.86. The van der Waals surface area contributed by atoms with Crippen molar-refractivity contribution >= 4 is 27.0 Å². The Balaban J connectivity index is 2.29. The highest BCUT2D eigenvalue weighted by Crippen LogP contribution is 2.23. The number of aryl methyl sites for hydroxylation is 1. The molecule has 108 valence electrons. The topological polar surface area (TPSA) is 63.4 Å². The van der Waals surface area contributed by atoms with Gasteiger partial charge in [-0.05, 0) is 42.1 Å². The molecule has 0 unspecified atom stereocenters. The van der Waals surface area contributed by atoms with Crippen LogP contribution in [0.25, 0.3) is 0 Å². The maximum atomic E-state index is 13.4. The van der Waals surface area contributed by atoms with Gasteiger partial charge in [-0.15, -0.1) is 11.3 Å². The molecule has 0 saturated carbocycles. The van der Waals surface area contributed by atoms with Crippen molar-refractivity contribution in [1.82, 2.24) is 4.31 Å². The van der Waals surface area contributed by atoms with E-state index in [1.807, 2.05) is 18.4 Å². The van der Waals surface area contributed by atoms with Gasteiger partial charge in [0.1, 0.15) is 5.82 Å². The predicted molar refractivity (Wildman–Crippen MR) is 78.5 cm³/mol. The summed E-state index contributed by atoms with van der Waals surface area (Å²) < 4.78 is 39.3. The van der Waals surface area contributed by atoms with E-state index >= 15 is 0 Å². The molecular weight excluding hydrogens is 299 g/mol. The molecule has 2 aromatic rings. The van der Waals surface area contributed by atoms with Crippen LogP contribution in [0.2, 0.25) is 0 Å². The van der Waals surface area contributed by atoms with Gasteiger partial charge in [0.2, 0.25) is 10.0 Å². The maximum Gasteiger partial charge on any atom is 0.243 e. The number of hydrogen-bond donors (Lipinski definition) is 1. The van der Waals surface area contributed by atoms with E-state index in [1.165, 1.54) is 34.8 Å². The summed E-state index contributed by atoms with van der Waals surface area (Å²) in [6.07, 6.45) is 0. The van der Waals surface area contributed by atoms with Crippen LogP contribution in [0.3, 0.4) is 0 Å². The van der Waals surface area contributed by atoms with Crippen molar-refractivity contribution in [2.45, 2.75) is 18.4 Å². The number of rotatable bonds is 4. The number of nitrogens with zero attached hydrogens (tertiary/aromatic N) is 1. The molecule has 0 amide bonds. The molecule has 4 nitrogen and oxygen atoms in total. The third-order valence-corrected chi connectivity index (χ3v) is 5.82. The lowest BCUT2D eigenvalue weighted by atomic mass is 10.3. The third kappa shape index (κ3) is 2.84. The van der Waals surface area contributed by atoms with Crippen LogP contribution >= 0.6 is 11.3 Å². The minimum atomic E-state index is -3.73. The number of thiophene rings is 1.